The van der Waals surface area contributed by atoms with Gasteiger partial charge in [-0.25, -0.2) is 0 Å². The molecule has 9 atom stereocenters. The number of rotatable bonds is 5. The van der Waals surface area contributed by atoms with Gasteiger partial charge in [0.05, 0.1) is 0 Å². The van der Waals surface area contributed by atoms with Crippen LogP contribution in [0.3, 0.4) is 0 Å². The van der Waals surface area contributed by atoms with Crippen molar-refractivity contribution in [2.75, 3.05) is 0 Å². The molecule has 0 heterocycles. The van der Waals surface area contributed by atoms with Gasteiger partial charge in [-0.1, -0.05) is 60.0 Å². The van der Waals surface area contributed by atoms with Gasteiger partial charge in [-0.05, 0) is 123 Å². The Balaban J connectivity index is 1.35. The van der Waals surface area contributed by atoms with Crippen molar-refractivity contribution in [1.29, 1.82) is 0 Å². The lowest BCUT2D eigenvalue weighted by molar-refractivity contribution is -0.153. The van der Waals surface area contributed by atoms with Crippen molar-refractivity contribution < 1.29 is 4.79 Å². The maximum absolute atomic E-state index is 14.0. The number of Topliss-reactive ketones (excluding diaryl/α,β-unsaturated/α-hetero) is 1. The maximum Gasteiger partial charge on any atom is 0.165 e. The molecule has 0 amide bonds. The van der Waals surface area contributed by atoms with Crippen LogP contribution in [0.2, 0.25) is 0 Å². The molecule has 32 heavy (non-hydrogen) atoms. The van der Waals surface area contributed by atoms with E-state index >= 15 is 0 Å². The molecule has 5 aliphatic carbocycles. The summed E-state index contributed by atoms with van der Waals surface area (Å²) in [7, 11) is 0. The molecule has 0 aromatic heterocycles. The van der Waals surface area contributed by atoms with E-state index < -0.39 is 0 Å². The van der Waals surface area contributed by atoms with E-state index in [1.807, 2.05) is 0 Å². The van der Waals surface area contributed by atoms with Crippen molar-refractivity contribution in [2.24, 2.45) is 58.2 Å². The van der Waals surface area contributed by atoms with Crippen molar-refractivity contribution in [3.05, 3.63) is 11.6 Å². The topological polar surface area (TPSA) is 17.1 Å². The Morgan fingerprint density at radius 2 is 1.78 bits per heavy atom. The van der Waals surface area contributed by atoms with E-state index in [0.717, 1.165) is 36.0 Å². The Hall–Kier alpha value is -0.590. The van der Waals surface area contributed by atoms with Crippen LogP contribution in [0.15, 0.2) is 11.6 Å². The monoisotopic (exact) mass is 438 g/mol. The van der Waals surface area contributed by atoms with Crippen LogP contribution in [0.4, 0.5) is 0 Å². The van der Waals surface area contributed by atoms with Crippen molar-refractivity contribution in [3.8, 4) is 0 Å². The number of hydrogen-bond donors (Lipinski definition) is 0. The van der Waals surface area contributed by atoms with Gasteiger partial charge < -0.3 is 0 Å². The molecule has 0 saturated heterocycles. The summed E-state index contributed by atoms with van der Waals surface area (Å²) in [6.45, 7) is 12.4. The highest BCUT2D eigenvalue weighted by Gasteiger charge is 2.63. The summed E-state index contributed by atoms with van der Waals surface area (Å²) >= 11 is 0. The van der Waals surface area contributed by atoms with Crippen LogP contribution < -0.4 is 0 Å². The van der Waals surface area contributed by atoms with Crippen LogP contribution in [0.1, 0.15) is 118 Å². The van der Waals surface area contributed by atoms with Crippen LogP contribution in [0.25, 0.3) is 0 Å². The highest BCUT2D eigenvalue weighted by molar-refractivity contribution is 6.01. The number of hydrogen-bond acceptors (Lipinski definition) is 1. The minimum atomic E-state index is -0.0507. The fourth-order valence-corrected chi connectivity index (χ4v) is 10.3. The van der Waals surface area contributed by atoms with Gasteiger partial charge in [-0.15, -0.1) is 0 Å². The number of allylic oxidation sites excluding steroid dienone is 2. The van der Waals surface area contributed by atoms with Gasteiger partial charge in [0.1, 0.15) is 0 Å². The van der Waals surface area contributed by atoms with Crippen molar-refractivity contribution in [1.82, 2.24) is 0 Å². The lowest BCUT2D eigenvalue weighted by atomic mass is 9.43. The fraction of sp³-hybridized carbons (Fsp3) is 0.903. The molecule has 0 N–H and O–H groups in total. The molecular formula is C31H50O. The molecule has 4 saturated carbocycles. The Labute approximate surface area is 198 Å². The van der Waals surface area contributed by atoms with E-state index in [-0.39, 0.29) is 5.41 Å². The van der Waals surface area contributed by atoms with Gasteiger partial charge in [0, 0.05) is 5.41 Å². The molecule has 0 spiro atoms. The summed E-state index contributed by atoms with van der Waals surface area (Å²) < 4.78 is 0. The molecule has 0 bridgehead atoms. The summed E-state index contributed by atoms with van der Waals surface area (Å²) in [4.78, 5) is 14.0. The van der Waals surface area contributed by atoms with Gasteiger partial charge in [0.25, 0.3) is 0 Å². The third kappa shape index (κ3) is 3.50. The third-order valence-corrected chi connectivity index (χ3v) is 12.0. The predicted molar refractivity (Wildman–Crippen MR) is 134 cm³/mol. The summed E-state index contributed by atoms with van der Waals surface area (Å²) in [5.74, 6) is 6.84. The lowest BCUT2D eigenvalue weighted by Crippen LogP contribution is -2.58. The SMILES string of the molecule is CC(C)CCCC(C)C1CCC2C3CCC4CC5CCCC=C5C(=O)C4(C)C3CCC12C. The number of fused-ring (bicyclic) bond motifs is 6. The molecule has 0 aliphatic heterocycles. The number of carbonyl (C=O) groups is 1. The van der Waals surface area contributed by atoms with Crippen LogP contribution in [0, 0.1) is 58.2 Å². The molecular weight excluding hydrogens is 388 g/mol. The minimum absolute atomic E-state index is 0.0507. The van der Waals surface area contributed by atoms with Crippen molar-refractivity contribution in [2.45, 2.75) is 118 Å². The molecule has 180 valence electrons. The van der Waals surface area contributed by atoms with Crippen LogP contribution in [-0.2, 0) is 4.79 Å². The van der Waals surface area contributed by atoms with Crippen LogP contribution in [-0.4, -0.2) is 5.78 Å². The zero-order valence-electron chi connectivity index (χ0n) is 21.8. The second kappa shape index (κ2) is 8.57. The number of carbonyl (C=O) groups excluding carboxylic acids is 1. The Bertz CT molecular complexity index is 748. The lowest BCUT2D eigenvalue weighted by Gasteiger charge is -2.61. The fourth-order valence-electron chi connectivity index (χ4n) is 10.3. The first kappa shape index (κ1) is 23.2. The van der Waals surface area contributed by atoms with Gasteiger partial charge in [-0.2, -0.15) is 0 Å². The summed E-state index contributed by atoms with van der Waals surface area (Å²) in [5, 5.41) is 0. The standard InChI is InChI=1S/C31H50O/c1-20(2)9-8-10-21(3)26-15-16-27-25-14-13-23-19-22-11-6-7-12-24(22)29(32)31(23,5)28(25)17-18-30(26,27)4/h12,20-23,25-28H,6-11,13-19H2,1-5H3. The van der Waals surface area contributed by atoms with Gasteiger partial charge >= 0.3 is 0 Å². The molecule has 1 nitrogen and oxygen atoms in total. The van der Waals surface area contributed by atoms with Gasteiger partial charge in [-0.3, -0.25) is 4.79 Å². The molecule has 5 rings (SSSR count). The zero-order chi connectivity index (χ0) is 22.7. The highest BCUT2D eigenvalue weighted by Crippen LogP contribution is 2.68. The van der Waals surface area contributed by atoms with E-state index in [1.165, 1.54) is 82.6 Å². The molecule has 9 unspecified atom stereocenters. The Morgan fingerprint density at radius 1 is 0.969 bits per heavy atom. The Morgan fingerprint density at radius 3 is 2.56 bits per heavy atom. The molecule has 5 aliphatic rings. The molecule has 4 fully saturated rings. The minimum Gasteiger partial charge on any atom is -0.294 e. The Kier molecular flexibility index (Phi) is 6.20. The van der Waals surface area contributed by atoms with E-state index in [9.17, 15) is 4.79 Å². The predicted octanol–water partition coefficient (Wildman–Crippen LogP) is 8.62. The summed E-state index contributed by atoms with van der Waals surface area (Å²) in [5.41, 5.74) is 1.75. The smallest absolute Gasteiger partial charge is 0.165 e. The first-order valence-electron chi connectivity index (χ1n) is 14.5. The van der Waals surface area contributed by atoms with Crippen molar-refractivity contribution >= 4 is 5.78 Å². The number of ketones is 1. The van der Waals surface area contributed by atoms with Gasteiger partial charge in [0.2, 0.25) is 0 Å². The first-order chi connectivity index (χ1) is 15.3. The van der Waals surface area contributed by atoms with E-state index in [1.54, 1.807) is 0 Å². The molecule has 0 aromatic carbocycles. The largest absolute Gasteiger partial charge is 0.294 e. The molecule has 1 heteroatoms. The molecule has 0 radical (unpaired) electrons. The van der Waals surface area contributed by atoms with Crippen LogP contribution in [0.5, 0.6) is 0 Å². The average Bonchev–Trinajstić information content (AvgIpc) is 3.12. The zero-order valence-corrected chi connectivity index (χ0v) is 21.8. The molecule has 0 aromatic rings. The second-order valence-electron chi connectivity index (χ2n) is 13.8. The highest BCUT2D eigenvalue weighted by atomic mass is 16.1. The maximum atomic E-state index is 14.0. The van der Waals surface area contributed by atoms with Crippen LogP contribution >= 0.6 is 0 Å². The van der Waals surface area contributed by atoms with E-state index in [4.69, 9.17) is 0 Å². The van der Waals surface area contributed by atoms with Crippen molar-refractivity contribution in [3.63, 3.8) is 0 Å². The third-order valence-electron chi connectivity index (χ3n) is 12.0. The summed E-state index contributed by atoms with van der Waals surface area (Å²) in [6.07, 6.45) is 20.0. The quantitative estimate of drug-likeness (QED) is 0.420. The van der Waals surface area contributed by atoms with Gasteiger partial charge in [0.15, 0.2) is 5.78 Å². The second-order valence-corrected chi connectivity index (χ2v) is 13.8. The van der Waals surface area contributed by atoms with E-state index in [2.05, 4.69) is 40.7 Å². The van der Waals surface area contributed by atoms with E-state index in [0.29, 0.717) is 29.0 Å². The normalized spacial score (nSPS) is 46.7. The first-order valence-corrected chi connectivity index (χ1v) is 14.5. The average molecular weight is 439 g/mol. The summed E-state index contributed by atoms with van der Waals surface area (Å²) in [6, 6.07) is 0.